The van der Waals surface area contributed by atoms with E-state index in [4.69, 9.17) is 26.4 Å². The quantitative estimate of drug-likeness (QED) is 0.185. The van der Waals surface area contributed by atoms with E-state index in [-0.39, 0.29) is 46.9 Å². The molecule has 4 rings (SSSR count). The second-order valence-electron chi connectivity index (χ2n) is 10.1. The Morgan fingerprint density at radius 1 is 1.03 bits per heavy atom. The molecule has 9 heteroatoms. The van der Waals surface area contributed by atoms with Gasteiger partial charge in [0, 0.05) is 30.7 Å². The Kier molecular flexibility index (Phi) is 10.4. The van der Waals surface area contributed by atoms with E-state index in [2.05, 4.69) is 4.98 Å². The number of rotatable bonds is 13. The van der Waals surface area contributed by atoms with E-state index in [9.17, 15) is 14.4 Å². The first-order chi connectivity index (χ1) is 18.5. The highest BCUT2D eigenvalue weighted by Gasteiger charge is 2.51. The molecular weight excluding hydrogens is 504 g/mol. The minimum absolute atomic E-state index is 0.0258. The van der Waals surface area contributed by atoms with Crippen molar-refractivity contribution >= 4 is 35.1 Å². The molecule has 2 aromatic rings. The molecule has 2 heterocycles. The lowest BCUT2D eigenvalue weighted by atomic mass is 9.87. The fourth-order valence-electron chi connectivity index (χ4n) is 5.53. The molecule has 1 saturated heterocycles. The Morgan fingerprint density at radius 3 is 2.45 bits per heavy atom. The largest absolute Gasteiger partial charge is 0.479 e. The number of nitrogens with zero attached hydrogens (tertiary/aromatic N) is 2. The highest BCUT2D eigenvalue weighted by atomic mass is 32.1. The number of carbonyl (C=O) groups is 3. The van der Waals surface area contributed by atoms with Gasteiger partial charge in [0.15, 0.2) is 0 Å². The third kappa shape index (κ3) is 7.72. The number of unbranched alkanes of at least 4 members (excludes halogenated alkanes) is 7. The molecule has 1 aromatic carbocycles. The molecule has 2 fully saturated rings. The normalized spacial score (nSPS) is 22.1. The summed E-state index contributed by atoms with van der Waals surface area (Å²) in [6, 6.07) is 9.06. The third-order valence-corrected chi connectivity index (χ3v) is 7.79. The molecule has 1 aliphatic carbocycles. The number of aromatic nitrogens is 2. The average Bonchev–Trinajstić information content (AvgIpc) is 3.65. The van der Waals surface area contributed by atoms with Gasteiger partial charge < -0.3 is 14.2 Å². The highest BCUT2D eigenvalue weighted by Crippen LogP contribution is 2.45. The van der Waals surface area contributed by atoms with Crippen LogP contribution in [0.3, 0.4) is 0 Å². The van der Waals surface area contributed by atoms with Crippen LogP contribution in [-0.4, -0.2) is 51.3 Å². The Hall–Kier alpha value is -3.07. The molecule has 1 aromatic heterocycles. The molecule has 0 bridgehead atoms. The van der Waals surface area contributed by atoms with Crippen molar-refractivity contribution in [2.45, 2.75) is 82.8 Å². The van der Waals surface area contributed by atoms with Gasteiger partial charge >= 0.3 is 17.8 Å². The summed E-state index contributed by atoms with van der Waals surface area (Å²) in [5.74, 6) is -0.468. The molecule has 204 valence electrons. The van der Waals surface area contributed by atoms with Crippen LogP contribution in [0.5, 0.6) is 0 Å². The van der Waals surface area contributed by atoms with E-state index in [1.165, 1.54) is 23.5 Å². The van der Waals surface area contributed by atoms with E-state index in [1.807, 2.05) is 18.2 Å². The van der Waals surface area contributed by atoms with Crippen LogP contribution < -0.4 is 0 Å². The molecular formula is C29H36N2O6S. The Balaban J connectivity index is 1.07. The first kappa shape index (κ1) is 28.0. The van der Waals surface area contributed by atoms with Crippen LogP contribution in [0.15, 0.2) is 49.1 Å². The van der Waals surface area contributed by atoms with Crippen molar-refractivity contribution in [3.8, 4) is 0 Å². The van der Waals surface area contributed by atoms with Crippen LogP contribution in [0.4, 0.5) is 0 Å². The number of esters is 2. The summed E-state index contributed by atoms with van der Waals surface area (Å²) in [7, 11) is 0. The van der Waals surface area contributed by atoms with E-state index in [0.717, 1.165) is 51.4 Å². The maximum atomic E-state index is 12.6. The summed E-state index contributed by atoms with van der Waals surface area (Å²) in [6.45, 7) is 0.449. The minimum atomic E-state index is -0.363. The number of ether oxygens (including phenoxy) is 3. The van der Waals surface area contributed by atoms with Crippen molar-refractivity contribution in [3.05, 3.63) is 54.6 Å². The van der Waals surface area contributed by atoms with Crippen LogP contribution in [0.25, 0.3) is 0 Å². The zero-order chi connectivity index (χ0) is 26.7. The van der Waals surface area contributed by atoms with Gasteiger partial charge in [0.25, 0.3) is 5.05 Å². The van der Waals surface area contributed by atoms with Crippen LogP contribution in [-0.2, 0) is 19.0 Å². The zero-order valence-corrected chi connectivity index (χ0v) is 22.5. The molecule has 0 spiro atoms. The predicted molar refractivity (Wildman–Crippen MR) is 145 cm³/mol. The van der Waals surface area contributed by atoms with Crippen LogP contribution in [0.1, 0.15) is 85.8 Å². The standard InChI is InChI=1S/C29H36N2O6S/c32-26-18-23-22(24(19-25(23)36-26)37-28(34)21-12-8-7-9-13-21)14-10-5-3-1-2-4-6-11-17-35-29(38)27(33)31-16-15-30-20-31/h7-9,12-13,15-16,20,22-25H,1-6,10-11,14,17-19H2/t22-,23-,24-,25+/m1/s1. The third-order valence-electron chi connectivity index (χ3n) is 7.50. The van der Waals surface area contributed by atoms with Gasteiger partial charge in [-0.15, -0.1) is 0 Å². The number of imidazole rings is 1. The SMILES string of the molecule is O=C1C[C@@H]2[C@@H](CCCCCCCCCCOC(=S)C(=O)n3ccnc3)[C@H](OC(=O)c3ccccc3)C[C@@H]2O1. The number of hydrogen-bond donors (Lipinski definition) is 0. The maximum absolute atomic E-state index is 12.6. The van der Waals surface area contributed by atoms with Crippen molar-refractivity contribution in [1.82, 2.24) is 9.55 Å². The van der Waals surface area contributed by atoms with Crippen molar-refractivity contribution in [2.75, 3.05) is 6.61 Å². The lowest BCUT2D eigenvalue weighted by Crippen LogP contribution is -2.26. The molecule has 0 amide bonds. The number of hydrogen-bond acceptors (Lipinski definition) is 8. The summed E-state index contributed by atoms with van der Waals surface area (Å²) < 4.78 is 18.1. The summed E-state index contributed by atoms with van der Waals surface area (Å²) in [6.07, 6.45) is 14.8. The van der Waals surface area contributed by atoms with Crippen LogP contribution in [0.2, 0.25) is 0 Å². The lowest BCUT2D eigenvalue weighted by Gasteiger charge is -2.23. The van der Waals surface area contributed by atoms with E-state index >= 15 is 0 Å². The van der Waals surface area contributed by atoms with Gasteiger partial charge in [-0.05, 0) is 37.2 Å². The van der Waals surface area contributed by atoms with Crippen molar-refractivity contribution in [3.63, 3.8) is 0 Å². The fraction of sp³-hybridized carbons (Fsp3) is 0.552. The fourth-order valence-corrected chi connectivity index (χ4v) is 5.72. The van der Waals surface area contributed by atoms with Crippen molar-refractivity contribution < 1.29 is 28.6 Å². The molecule has 1 saturated carbocycles. The summed E-state index contributed by atoms with van der Waals surface area (Å²) >= 11 is 5.04. The number of benzene rings is 1. The molecule has 8 nitrogen and oxygen atoms in total. The lowest BCUT2D eigenvalue weighted by molar-refractivity contribution is -0.141. The van der Waals surface area contributed by atoms with Gasteiger partial charge in [-0.25, -0.2) is 9.78 Å². The van der Waals surface area contributed by atoms with E-state index in [1.54, 1.807) is 18.3 Å². The molecule has 38 heavy (non-hydrogen) atoms. The second kappa shape index (κ2) is 14.2. The first-order valence-electron chi connectivity index (χ1n) is 13.7. The van der Waals surface area contributed by atoms with E-state index in [0.29, 0.717) is 25.0 Å². The summed E-state index contributed by atoms with van der Waals surface area (Å²) in [5.41, 5.74) is 0.553. The molecule has 4 atom stereocenters. The van der Waals surface area contributed by atoms with Crippen LogP contribution >= 0.6 is 12.2 Å². The van der Waals surface area contributed by atoms with Crippen molar-refractivity contribution in [1.29, 1.82) is 0 Å². The number of thiocarbonyl (C=S) groups is 1. The minimum Gasteiger partial charge on any atom is -0.479 e. The van der Waals surface area contributed by atoms with Gasteiger partial charge in [-0.1, -0.05) is 63.1 Å². The smallest absolute Gasteiger partial charge is 0.338 e. The summed E-state index contributed by atoms with van der Waals surface area (Å²) in [5, 5.41) is -0.0258. The monoisotopic (exact) mass is 540 g/mol. The Labute approximate surface area is 229 Å². The molecule has 2 aliphatic rings. The number of carbonyl (C=O) groups excluding carboxylic acids is 3. The van der Waals surface area contributed by atoms with Gasteiger partial charge in [0.05, 0.1) is 18.6 Å². The average molecular weight is 541 g/mol. The Bertz CT molecular complexity index is 1070. The second-order valence-corrected chi connectivity index (χ2v) is 10.5. The van der Waals surface area contributed by atoms with Gasteiger partial charge in [-0.2, -0.15) is 0 Å². The Morgan fingerprint density at radius 2 is 1.74 bits per heavy atom. The van der Waals surface area contributed by atoms with Gasteiger partial charge in [0.2, 0.25) is 0 Å². The topological polar surface area (TPSA) is 96.7 Å². The molecule has 1 aliphatic heterocycles. The van der Waals surface area contributed by atoms with Gasteiger partial charge in [-0.3, -0.25) is 14.2 Å². The van der Waals surface area contributed by atoms with Crippen molar-refractivity contribution in [2.24, 2.45) is 11.8 Å². The van der Waals surface area contributed by atoms with Crippen LogP contribution in [0, 0.1) is 11.8 Å². The zero-order valence-electron chi connectivity index (χ0n) is 21.7. The van der Waals surface area contributed by atoms with E-state index < -0.39 is 0 Å². The maximum Gasteiger partial charge on any atom is 0.338 e. The first-order valence-corrected chi connectivity index (χ1v) is 14.1. The van der Waals surface area contributed by atoms with Gasteiger partial charge in [0.1, 0.15) is 18.5 Å². The number of fused-ring (bicyclic) bond motifs is 1. The molecule has 0 N–H and O–H groups in total. The highest BCUT2D eigenvalue weighted by molar-refractivity contribution is 7.81. The summed E-state index contributed by atoms with van der Waals surface area (Å²) in [4.78, 5) is 40.3. The molecule has 0 radical (unpaired) electrons. The predicted octanol–water partition coefficient (Wildman–Crippen LogP) is 5.56. The molecule has 0 unspecified atom stereocenters.